The Labute approximate surface area is 72.8 Å². The molecule has 0 N–H and O–H groups in total. The monoisotopic (exact) mass is 173 g/mol. The molecule has 0 heterocycles. The van der Waals surface area contributed by atoms with Crippen LogP contribution >= 0.6 is 0 Å². The van der Waals surface area contributed by atoms with E-state index in [0.29, 0.717) is 13.2 Å². The van der Waals surface area contributed by atoms with Gasteiger partial charge in [0, 0.05) is 6.54 Å². The van der Waals surface area contributed by atoms with Crippen molar-refractivity contribution in [1.82, 2.24) is 4.90 Å². The van der Waals surface area contributed by atoms with Crippen LogP contribution in [-0.4, -0.2) is 44.9 Å². The summed E-state index contributed by atoms with van der Waals surface area (Å²) in [5.74, 6) is 0. The molecule has 0 amide bonds. The number of carbonyl (C=O) groups is 1. The molecule has 0 rings (SSSR count). The molecular weight excluding hydrogens is 158 g/mol. The Balaban J connectivity index is 3.25. The molecule has 12 heavy (non-hydrogen) atoms. The molecule has 0 saturated carbocycles. The first-order chi connectivity index (χ1) is 5.66. The number of likely N-dealkylation sites (N-methyl/N-ethyl adjacent to an activating group) is 1. The molecule has 0 aliphatic carbocycles. The van der Waals surface area contributed by atoms with Crippen LogP contribution in [0.2, 0.25) is 0 Å². The molecule has 4 nitrogen and oxygen atoms in total. The van der Waals surface area contributed by atoms with Crippen molar-refractivity contribution in [1.29, 1.82) is 0 Å². The molecule has 0 spiro atoms. The van der Waals surface area contributed by atoms with Gasteiger partial charge in [-0.3, -0.25) is 0 Å². The molecule has 0 aromatic heterocycles. The fourth-order valence-corrected chi connectivity index (χ4v) is 0.480. The SMILES string of the molecule is C=CCOC(=O)OCCN(C)C. The molecular formula is C8H15NO3. The predicted molar refractivity (Wildman–Crippen MR) is 46.1 cm³/mol. The summed E-state index contributed by atoms with van der Waals surface area (Å²) in [7, 11) is 3.80. The van der Waals surface area contributed by atoms with Crippen molar-refractivity contribution in [2.24, 2.45) is 0 Å². The van der Waals surface area contributed by atoms with Crippen LogP contribution in [0.4, 0.5) is 4.79 Å². The van der Waals surface area contributed by atoms with Gasteiger partial charge in [0.25, 0.3) is 0 Å². The van der Waals surface area contributed by atoms with E-state index in [2.05, 4.69) is 11.3 Å². The predicted octanol–water partition coefficient (Wildman–Crippen LogP) is 0.887. The van der Waals surface area contributed by atoms with Crippen molar-refractivity contribution in [3.05, 3.63) is 12.7 Å². The smallest absolute Gasteiger partial charge is 0.433 e. The Morgan fingerprint density at radius 2 is 2.17 bits per heavy atom. The number of hydrogen-bond acceptors (Lipinski definition) is 4. The molecule has 0 bridgehead atoms. The molecule has 0 aromatic rings. The van der Waals surface area contributed by atoms with Crippen LogP contribution in [0.15, 0.2) is 12.7 Å². The normalized spacial score (nSPS) is 9.58. The lowest BCUT2D eigenvalue weighted by Gasteiger charge is -2.09. The molecule has 0 radical (unpaired) electrons. The van der Waals surface area contributed by atoms with Crippen LogP contribution in [0.5, 0.6) is 0 Å². The Morgan fingerprint density at radius 1 is 1.50 bits per heavy atom. The quantitative estimate of drug-likeness (QED) is 0.457. The van der Waals surface area contributed by atoms with Crippen molar-refractivity contribution < 1.29 is 14.3 Å². The molecule has 0 saturated heterocycles. The third-order valence-corrected chi connectivity index (χ3v) is 1.08. The van der Waals surface area contributed by atoms with Gasteiger partial charge in [0.1, 0.15) is 13.2 Å². The summed E-state index contributed by atoms with van der Waals surface area (Å²) in [6.45, 7) is 4.64. The summed E-state index contributed by atoms with van der Waals surface area (Å²) in [4.78, 5) is 12.6. The molecule has 0 unspecified atom stereocenters. The van der Waals surface area contributed by atoms with E-state index in [4.69, 9.17) is 4.74 Å². The van der Waals surface area contributed by atoms with Crippen molar-refractivity contribution in [2.75, 3.05) is 33.9 Å². The van der Waals surface area contributed by atoms with E-state index in [0.717, 1.165) is 0 Å². The molecule has 0 aromatic carbocycles. The van der Waals surface area contributed by atoms with Crippen LogP contribution in [0.1, 0.15) is 0 Å². The van der Waals surface area contributed by atoms with Crippen molar-refractivity contribution in [2.45, 2.75) is 0 Å². The summed E-state index contributed by atoms with van der Waals surface area (Å²) >= 11 is 0. The zero-order valence-corrected chi connectivity index (χ0v) is 7.58. The van der Waals surface area contributed by atoms with Gasteiger partial charge in [-0.1, -0.05) is 12.7 Å². The summed E-state index contributed by atoms with van der Waals surface area (Å²) in [6, 6.07) is 0. The minimum atomic E-state index is -0.642. The summed E-state index contributed by atoms with van der Waals surface area (Å²) in [5.41, 5.74) is 0. The van der Waals surface area contributed by atoms with Gasteiger partial charge in [-0.2, -0.15) is 0 Å². The van der Waals surface area contributed by atoms with Crippen LogP contribution in [0.25, 0.3) is 0 Å². The highest BCUT2D eigenvalue weighted by atomic mass is 16.7. The fraction of sp³-hybridized carbons (Fsp3) is 0.625. The first-order valence-corrected chi connectivity index (χ1v) is 3.72. The number of ether oxygens (including phenoxy) is 2. The average molecular weight is 173 g/mol. The van der Waals surface area contributed by atoms with Gasteiger partial charge >= 0.3 is 6.16 Å². The van der Waals surface area contributed by atoms with Crippen LogP contribution in [-0.2, 0) is 9.47 Å². The Morgan fingerprint density at radius 3 is 2.67 bits per heavy atom. The Bertz CT molecular complexity index is 145. The third kappa shape index (κ3) is 7.08. The number of nitrogens with zero attached hydrogens (tertiary/aromatic N) is 1. The van der Waals surface area contributed by atoms with E-state index in [-0.39, 0.29) is 6.61 Å². The van der Waals surface area contributed by atoms with Gasteiger partial charge < -0.3 is 14.4 Å². The first kappa shape index (κ1) is 11.0. The molecule has 70 valence electrons. The Hall–Kier alpha value is -1.03. The third-order valence-electron chi connectivity index (χ3n) is 1.08. The largest absolute Gasteiger partial charge is 0.508 e. The van der Waals surface area contributed by atoms with E-state index in [1.54, 1.807) is 0 Å². The lowest BCUT2D eigenvalue weighted by molar-refractivity contribution is 0.0589. The average Bonchev–Trinajstić information content (AvgIpc) is 2.00. The minimum Gasteiger partial charge on any atom is -0.433 e. The van der Waals surface area contributed by atoms with E-state index in [1.807, 2.05) is 19.0 Å². The molecule has 4 heteroatoms. The van der Waals surface area contributed by atoms with E-state index < -0.39 is 6.16 Å². The van der Waals surface area contributed by atoms with Crippen molar-refractivity contribution in [3.63, 3.8) is 0 Å². The van der Waals surface area contributed by atoms with Crippen molar-refractivity contribution in [3.8, 4) is 0 Å². The highest BCUT2D eigenvalue weighted by molar-refractivity contribution is 5.59. The number of hydrogen-bond donors (Lipinski definition) is 0. The molecule has 0 aliphatic heterocycles. The van der Waals surface area contributed by atoms with Crippen LogP contribution in [0.3, 0.4) is 0 Å². The minimum absolute atomic E-state index is 0.195. The van der Waals surface area contributed by atoms with Gasteiger partial charge in [-0.05, 0) is 14.1 Å². The maximum absolute atomic E-state index is 10.7. The van der Waals surface area contributed by atoms with Crippen molar-refractivity contribution >= 4 is 6.16 Å². The van der Waals surface area contributed by atoms with E-state index in [1.165, 1.54) is 6.08 Å². The lowest BCUT2D eigenvalue weighted by atomic mass is 10.6. The maximum Gasteiger partial charge on any atom is 0.508 e. The summed E-state index contributed by atoms with van der Waals surface area (Å²) < 4.78 is 9.28. The standard InChI is InChI=1S/C8H15NO3/c1-4-6-11-8(10)12-7-5-9(2)3/h4H,1,5-7H2,2-3H3. The summed E-state index contributed by atoms with van der Waals surface area (Å²) in [6.07, 6.45) is 0.851. The van der Waals surface area contributed by atoms with Gasteiger partial charge in [0.05, 0.1) is 0 Å². The van der Waals surface area contributed by atoms with E-state index >= 15 is 0 Å². The zero-order valence-electron chi connectivity index (χ0n) is 7.58. The Kier molecular flexibility index (Phi) is 6.09. The maximum atomic E-state index is 10.7. The summed E-state index contributed by atoms with van der Waals surface area (Å²) in [5, 5.41) is 0. The first-order valence-electron chi connectivity index (χ1n) is 3.72. The number of carbonyl (C=O) groups excluding carboxylic acids is 1. The molecule has 0 atom stereocenters. The lowest BCUT2D eigenvalue weighted by Crippen LogP contribution is -2.20. The number of rotatable bonds is 5. The van der Waals surface area contributed by atoms with Crippen LogP contribution < -0.4 is 0 Å². The van der Waals surface area contributed by atoms with Crippen LogP contribution in [0, 0.1) is 0 Å². The highest BCUT2D eigenvalue weighted by Crippen LogP contribution is 1.86. The zero-order chi connectivity index (χ0) is 9.40. The molecule has 0 aliphatic rings. The second-order valence-corrected chi connectivity index (χ2v) is 2.50. The second-order valence-electron chi connectivity index (χ2n) is 2.50. The second kappa shape index (κ2) is 6.67. The van der Waals surface area contributed by atoms with Gasteiger partial charge in [0.15, 0.2) is 0 Å². The fourth-order valence-electron chi connectivity index (χ4n) is 0.480. The molecule has 0 fully saturated rings. The van der Waals surface area contributed by atoms with Gasteiger partial charge in [-0.25, -0.2) is 4.79 Å². The van der Waals surface area contributed by atoms with Gasteiger partial charge in [-0.15, -0.1) is 0 Å². The van der Waals surface area contributed by atoms with E-state index in [9.17, 15) is 4.79 Å². The highest BCUT2D eigenvalue weighted by Gasteiger charge is 2.01. The van der Waals surface area contributed by atoms with Gasteiger partial charge in [0.2, 0.25) is 0 Å². The topological polar surface area (TPSA) is 38.8 Å².